The molecule has 2 amide bonds. The van der Waals surface area contributed by atoms with Crippen LogP contribution in [-0.2, 0) is 9.59 Å². The number of hydrogen-bond acceptors (Lipinski definition) is 3. The van der Waals surface area contributed by atoms with Crippen LogP contribution >= 0.6 is 12.4 Å². The molecule has 2 heterocycles. The van der Waals surface area contributed by atoms with Crippen LogP contribution in [0.25, 0.3) is 0 Å². The van der Waals surface area contributed by atoms with Crippen LogP contribution in [0.2, 0.25) is 0 Å². The van der Waals surface area contributed by atoms with Gasteiger partial charge in [0, 0.05) is 39.0 Å². The Kier molecular flexibility index (Phi) is 7.30. The van der Waals surface area contributed by atoms with Gasteiger partial charge in [-0.3, -0.25) is 9.59 Å². The largest absolute Gasteiger partial charge is 0.342 e. The average Bonchev–Trinajstić information content (AvgIpc) is 2.81. The predicted molar refractivity (Wildman–Crippen MR) is 80.7 cm³/mol. The fraction of sp³-hybridized carbons (Fsp3) is 0.857. The molecule has 0 aromatic carbocycles. The molecule has 2 aliphatic rings. The minimum atomic E-state index is 0. The van der Waals surface area contributed by atoms with Gasteiger partial charge in [0.25, 0.3) is 0 Å². The van der Waals surface area contributed by atoms with Crippen LogP contribution < -0.4 is 5.73 Å². The summed E-state index contributed by atoms with van der Waals surface area (Å²) in [6.45, 7) is 3.69. The predicted octanol–water partition coefficient (Wildman–Crippen LogP) is 1.01. The fourth-order valence-electron chi connectivity index (χ4n) is 2.92. The van der Waals surface area contributed by atoms with Crippen LogP contribution in [-0.4, -0.2) is 54.3 Å². The van der Waals surface area contributed by atoms with Crippen LogP contribution in [0, 0.1) is 5.92 Å². The Hall–Kier alpha value is -0.810. The lowest BCUT2D eigenvalue weighted by atomic mass is 10.1. The number of halogens is 1. The van der Waals surface area contributed by atoms with Gasteiger partial charge >= 0.3 is 0 Å². The zero-order valence-electron chi connectivity index (χ0n) is 12.1. The topological polar surface area (TPSA) is 66.6 Å². The highest BCUT2D eigenvalue weighted by Crippen LogP contribution is 2.16. The van der Waals surface area contributed by atoms with Crippen molar-refractivity contribution in [3.05, 3.63) is 0 Å². The summed E-state index contributed by atoms with van der Waals surface area (Å²) in [6.07, 6.45) is 5.31. The minimum Gasteiger partial charge on any atom is -0.342 e. The highest BCUT2D eigenvalue weighted by molar-refractivity contribution is 5.85. The average molecular weight is 304 g/mol. The molecule has 116 valence electrons. The molecule has 0 saturated carbocycles. The second-order valence-electron chi connectivity index (χ2n) is 5.67. The van der Waals surface area contributed by atoms with Gasteiger partial charge in [0.05, 0.1) is 0 Å². The molecule has 0 spiro atoms. The monoisotopic (exact) mass is 303 g/mol. The molecule has 0 radical (unpaired) electrons. The number of nitrogens with zero attached hydrogens (tertiary/aromatic N) is 2. The first-order valence-corrected chi connectivity index (χ1v) is 7.46. The van der Waals surface area contributed by atoms with Gasteiger partial charge in [-0.15, -0.1) is 12.4 Å². The van der Waals surface area contributed by atoms with Crippen molar-refractivity contribution in [1.82, 2.24) is 9.80 Å². The van der Waals surface area contributed by atoms with Gasteiger partial charge in [-0.25, -0.2) is 0 Å². The number of rotatable bonds is 4. The summed E-state index contributed by atoms with van der Waals surface area (Å²) in [5, 5.41) is 0. The Morgan fingerprint density at radius 1 is 1.25 bits per heavy atom. The van der Waals surface area contributed by atoms with Crippen LogP contribution in [0.3, 0.4) is 0 Å². The first kappa shape index (κ1) is 17.2. The Balaban J connectivity index is 0.00000200. The van der Waals surface area contributed by atoms with Crippen LogP contribution in [0.4, 0.5) is 0 Å². The van der Waals surface area contributed by atoms with E-state index in [4.69, 9.17) is 5.73 Å². The van der Waals surface area contributed by atoms with Gasteiger partial charge in [-0.05, 0) is 31.7 Å². The lowest BCUT2D eigenvalue weighted by Crippen LogP contribution is -2.36. The molecule has 6 heteroatoms. The molecule has 0 aromatic heterocycles. The summed E-state index contributed by atoms with van der Waals surface area (Å²) in [7, 11) is 0. The molecular formula is C14H26ClN3O2. The molecule has 2 N–H and O–H groups in total. The van der Waals surface area contributed by atoms with Gasteiger partial charge < -0.3 is 15.5 Å². The Morgan fingerprint density at radius 3 is 2.75 bits per heavy atom. The van der Waals surface area contributed by atoms with Gasteiger partial charge in [-0.1, -0.05) is 6.42 Å². The van der Waals surface area contributed by atoms with E-state index in [-0.39, 0.29) is 24.2 Å². The van der Waals surface area contributed by atoms with E-state index in [1.54, 1.807) is 0 Å². The summed E-state index contributed by atoms with van der Waals surface area (Å²) in [4.78, 5) is 27.7. The third-order valence-corrected chi connectivity index (χ3v) is 4.24. The zero-order valence-corrected chi connectivity index (χ0v) is 12.9. The molecule has 2 rings (SSSR count). The maximum atomic E-state index is 12.1. The number of likely N-dealkylation sites (tertiary alicyclic amines) is 2. The van der Waals surface area contributed by atoms with Crippen LogP contribution in [0.1, 0.15) is 38.5 Å². The Labute approximate surface area is 127 Å². The van der Waals surface area contributed by atoms with E-state index in [1.807, 2.05) is 9.80 Å². The third kappa shape index (κ3) is 4.63. The SMILES string of the molecule is Cl.NCC1CCN(C(=O)CCN2CCCCCC2=O)C1. The standard InChI is InChI=1S/C14H25N3O2.ClH/c15-10-12-5-8-17(11-12)14(19)6-9-16-7-3-1-2-4-13(16)18;/h12H,1-11,15H2;1H. The molecule has 1 unspecified atom stereocenters. The summed E-state index contributed by atoms with van der Waals surface area (Å²) in [5.41, 5.74) is 5.63. The second-order valence-corrected chi connectivity index (χ2v) is 5.67. The first-order chi connectivity index (χ1) is 9.20. The molecule has 5 nitrogen and oxygen atoms in total. The lowest BCUT2D eigenvalue weighted by molar-refractivity contribution is -0.133. The highest BCUT2D eigenvalue weighted by Gasteiger charge is 2.26. The van der Waals surface area contributed by atoms with Crippen molar-refractivity contribution in [3.8, 4) is 0 Å². The summed E-state index contributed by atoms with van der Waals surface area (Å²) < 4.78 is 0. The van der Waals surface area contributed by atoms with E-state index < -0.39 is 0 Å². The molecule has 2 saturated heterocycles. The third-order valence-electron chi connectivity index (χ3n) is 4.24. The van der Waals surface area contributed by atoms with Crippen molar-refractivity contribution in [3.63, 3.8) is 0 Å². The van der Waals surface area contributed by atoms with Crippen molar-refractivity contribution in [1.29, 1.82) is 0 Å². The molecule has 2 aliphatic heterocycles. The van der Waals surface area contributed by atoms with E-state index >= 15 is 0 Å². The van der Waals surface area contributed by atoms with Gasteiger partial charge in [0.2, 0.25) is 11.8 Å². The Morgan fingerprint density at radius 2 is 2.05 bits per heavy atom. The first-order valence-electron chi connectivity index (χ1n) is 7.46. The van der Waals surface area contributed by atoms with Crippen LogP contribution in [0.15, 0.2) is 0 Å². The molecule has 2 fully saturated rings. The molecular weight excluding hydrogens is 278 g/mol. The van der Waals surface area contributed by atoms with Crippen molar-refractivity contribution >= 4 is 24.2 Å². The maximum Gasteiger partial charge on any atom is 0.224 e. The van der Waals surface area contributed by atoms with Crippen molar-refractivity contribution in [2.45, 2.75) is 38.5 Å². The van der Waals surface area contributed by atoms with Gasteiger partial charge in [0.15, 0.2) is 0 Å². The van der Waals surface area contributed by atoms with Crippen molar-refractivity contribution in [2.75, 3.05) is 32.7 Å². The zero-order chi connectivity index (χ0) is 13.7. The van der Waals surface area contributed by atoms with Gasteiger partial charge in [-0.2, -0.15) is 0 Å². The molecule has 20 heavy (non-hydrogen) atoms. The molecule has 1 atom stereocenters. The van der Waals surface area contributed by atoms with E-state index in [2.05, 4.69) is 0 Å². The maximum absolute atomic E-state index is 12.1. The normalized spacial score (nSPS) is 23.4. The number of amides is 2. The van der Waals surface area contributed by atoms with Crippen molar-refractivity contribution < 1.29 is 9.59 Å². The Bertz CT molecular complexity index is 338. The number of carbonyl (C=O) groups is 2. The van der Waals surface area contributed by atoms with Crippen LogP contribution in [0.5, 0.6) is 0 Å². The quantitative estimate of drug-likeness (QED) is 0.843. The number of hydrogen-bond donors (Lipinski definition) is 1. The summed E-state index contributed by atoms with van der Waals surface area (Å²) >= 11 is 0. The lowest BCUT2D eigenvalue weighted by Gasteiger charge is -2.22. The van der Waals surface area contributed by atoms with E-state index in [1.165, 1.54) is 0 Å². The number of nitrogens with two attached hydrogens (primary N) is 1. The second kappa shape index (κ2) is 8.47. The minimum absolute atomic E-state index is 0. The number of carbonyl (C=O) groups excluding carboxylic acids is 2. The smallest absolute Gasteiger partial charge is 0.224 e. The summed E-state index contributed by atoms with van der Waals surface area (Å²) in [6, 6.07) is 0. The highest BCUT2D eigenvalue weighted by atomic mass is 35.5. The molecule has 0 aromatic rings. The fourth-order valence-corrected chi connectivity index (χ4v) is 2.92. The summed E-state index contributed by atoms with van der Waals surface area (Å²) in [5.74, 6) is 0.850. The van der Waals surface area contributed by atoms with Crippen molar-refractivity contribution in [2.24, 2.45) is 11.7 Å². The van der Waals surface area contributed by atoms with E-state index in [9.17, 15) is 9.59 Å². The molecule has 0 bridgehead atoms. The molecule has 0 aliphatic carbocycles. The van der Waals surface area contributed by atoms with Gasteiger partial charge in [0.1, 0.15) is 0 Å². The van der Waals surface area contributed by atoms with E-state index in [0.29, 0.717) is 31.8 Å². The van der Waals surface area contributed by atoms with E-state index in [0.717, 1.165) is 45.3 Å².